The number of amides is 1. The van der Waals surface area contributed by atoms with E-state index < -0.39 is 35.6 Å². The van der Waals surface area contributed by atoms with Crippen molar-refractivity contribution < 1.29 is 31.9 Å². The summed E-state index contributed by atoms with van der Waals surface area (Å²) in [4.78, 5) is 25.5. The molecule has 0 unspecified atom stereocenters. The number of anilines is 1. The quantitative estimate of drug-likeness (QED) is 0.219. The summed E-state index contributed by atoms with van der Waals surface area (Å²) in [6.45, 7) is 3.33. The number of carbonyl (C=O) groups excluding carboxylic acids is 1. The van der Waals surface area contributed by atoms with Crippen molar-refractivity contribution in [2.24, 2.45) is 0 Å². The highest BCUT2D eigenvalue weighted by molar-refractivity contribution is 5.92. The Morgan fingerprint density at radius 2 is 1.54 bits per heavy atom. The summed E-state index contributed by atoms with van der Waals surface area (Å²) in [5, 5.41) is 2.60. The summed E-state index contributed by atoms with van der Waals surface area (Å²) >= 11 is 0. The number of fused-ring (bicyclic) bond motifs is 1. The van der Waals surface area contributed by atoms with Gasteiger partial charge in [-0.25, -0.2) is 0 Å². The van der Waals surface area contributed by atoms with Crippen molar-refractivity contribution in [2.75, 3.05) is 11.9 Å². The van der Waals surface area contributed by atoms with Crippen molar-refractivity contribution in [1.82, 2.24) is 0 Å². The zero-order chi connectivity index (χ0) is 29.1. The molecule has 0 aliphatic carbocycles. The van der Waals surface area contributed by atoms with E-state index in [1.165, 1.54) is 24.3 Å². The van der Waals surface area contributed by atoms with Crippen LogP contribution < -0.4 is 20.2 Å². The first kappa shape index (κ1) is 27.5. The Balaban J connectivity index is 1.38. The zero-order valence-electron chi connectivity index (χ0n) is 22.0. The number of aryl methyl sites for hydroxylation is 2. The second-order valence-corrected chi connectivity index (χ2v) is 9.39. The first-order valence-corrected chi connectivity index (χ1v) is 12.6. The van der Waals surface area contributed by atoms with Crippen LogP contribution in [0.4, 0.5) is 18.9 Å². The Kier molecular flexibility index (Phi) is 7.52. The van der Waals surface area contributed by atoms with Crippen molar-refractivity contribution in [3.63, 3.8) is 0 Å². The van der Waals surface area contributed by atoms with Gasteiger partial charge >= 0.3 is 6.18 Å². The lowest BCUT2D eigenvalue weighted by atomic mass is 10.1. The summed E-state index contributed by atoms with van der Waals surface area (Å²) in [6.07, 6.45) is -5.02. The number of nitrogens with one attached hydrogen (secondary N) is 1. The van der Waals surface area contributed by atoms with Crippen LogP contribution in [0.25, 0.3) is 22.1 Å². The summed E-state index contributed by atoms with van der Waals surface area (Å²) < 4.78 is 58.0. The minimum atomic E-state index is -5.02. The third-order valence-electron chi connectivity index (χ3n) is 6.30. The SMILES string of the molecule is Cc1ccc(C)c(NC(=O)COc2ccc3c(=O)c(Oc4ccc(-c5ccccc5)cc4)c(C(F)(F)F)oc3c2)c1. The molecule has 4 aromatic carbocycles. The molecule has 0 saturated heterocycles. The van der Waals surface area contributed by atoms with Crippen LogP contribution in [-0.4, -0.2) is 12.5 Å². The molecule has 0 radical (unpaired) electrons. The van der Waals surface area contributed by atoms with Gasteiger partial charge in [0.15, 0.2) is 6.61 Å². The van der Waals surface area contributed by atoms with Crippen molar-refractivity contribution >= 4 is 22.6 Å². The second kappa shape index (κ2) is 11.2. The van der Waals surface area contributed by atoms with E-state index in [0.717, 1.165) is 28.3 Å². The summed E-state index contributed by atoms with van der Waals surface area (Å²) in [6, 6.07) is 25.1. The Morgan fingerprint density at radius 3 is 2.24 bits per heavy atom. The standard InChI is InChI=1S/C32H24F3NO5/c1-19-8-9-20(2)26(16-19)36-28(37)18-39-24-14-15-25-27(17-24)41-31(32(33,34)35)30(29(25)38)40-23-12-10-22(11-13-23)21-6-4-3-5-7-21/h3-17H,18H2,1-2H3,(H,36,37). The third-order valence-corrected chi connectivity index (χ3v) is 6.30. The van der Waals surface area contributed by atoms with Crippen molar-refractivity contribution in [3.8, 4) is 28.4 Å². The normalized spacial score (nSPS) is 11.3. The molecule has 1 heterocycles. The molecular formula is C32H24F3NO5. The Morgan fingerprint density at radius 1 is 0.854 bits per heavy atom. The predicted molar refractivity (Wildman–Crippen MR) is 149 cm³/mol. The van der Waals surface area contributed by atoms with Gasteiger partial charge in [0.25, 0.3) is 11.7 Å². The monoisotopic (exact) mass is 559 g/mol. The van der Waals surface area contributed by atoms with Gasteiger partial charge in [-0.2, -0.15) is 13.2 Å². The van der Waals surface area contributed by atoms with Gasteiger partial charge in [0, 0.05) is 11.8 Å². The number of halogens is 3. The molecule has 0 atom stereocenters. The molecule has 0 saturated carbocycles. The van der Waals surface area contributed by atoms with Crippen LogP contribution in [0.1, 0.15) is 16.9 Å². The molecule has 5 rings (SSSR count). The molecular weight excluding hydrogens is 535 g/mol. The van der Waals surface area contributed by atoms with E-state index >= 15 is 0 Å². The van der Waals surface area contributed by atoms with E-state index in [2.05, 4.69) is 5.32 Å². The molecule has 9 heteroatoms. The maximum Gasteiger partial charge on any atom is 0.453 e. The van der Waals surface area contributed by atoms with Crippen LogP contribution >= 0.6 is 0 Å². The molecule has 0 aliphatic rings. The summed E-state index contributed by atoms with van der Waals surface area (Å²) in [5.41, 5.74) is 2.84. The van der Waals surface area contributed by atoms with E-state index in [1.807, 2.05) is 62.4 Å². The topological polar surface area (TPSA) is 77.8 Å². The lowest BCUT2D eigenvalue weighted by Crippen LogP contribution is -2.20. The molecule has 5 aromatic rings. The Hall–Kier alpha value is -5.05. The van der Waals surface area contributed by atoms with Gasteiger partial charge < -0.3 is 19.2 Å². The van der Waals surface area contributed by atoms with Gasteiger partial charge in [-0.3, -0.25) is 9.59 Å². The van der Waals surface area contributed by atoms with Crippen LogP contribution in [0.15, 0.2) is 100 Å². The summed E-state index contributed by atoms with van der Waals surface area (Å²) in [7, 11) is 0. The Bertz CT molecular complexity index is 1780. The van der Waals surface area contributed by atoms with Gasteiger partial charge in [-0.15, -0.1) is 0 Å². The van der Waals surface area contributed by atoms with Gasteiger partial charge in [-0.1, -0.05) is 54.6 Å². The molecule has 0 fully saturated rings. The Labute approximate surface area is 233 Å². The average Bonchev–Trinajstić information content (AvgIpc) is 2.95. The van der Waals surface area contributed by atoms with Crippen LogP contribution in [0.3, 0.4) is 0 Å². The molecule has 0 aliphatic heterocycles. The van der Waals surface area contributed by atoms with Crippen molar-refractivity contribution in [2.45, 2.75) is 20.0 Å². The van der Waals surface area contributed by atoms with Gasteiger partial charge in [0.2, 0.25) is 11.2 Å². The first-order valence-electron chi connectivity index (χ1n) is 12.6. The highest BCUT2D eigenvalue weighted by Crippen LogP contribution is 2.39. The molecule has 41 heavy (non-hydrogen) atoms. The van der Waals surface area contributed by atoms with Crippen LogP contribution in [0.5, 0.6) is 17.2 Å². The summed E-state index contributed by atoms with van der Waals surface area (Å²) in [5.74, 6) is -2.92. The zero-order valence-corrected chi connectivity index (χ0v) is 22.0. The van der Waals surface area contributed by atoms with E-state index in [9.17, 15) is 22.8 Å². The van der Waals surface area contributed by atoms with E-state index in [-0.39, 0.29) is 22.5 Å². The maximum absolute atomic E-state index is 14.0. The lowest BCUT2D eigenvalue weighted by Gasteiger charge is -2.14. The van der Waals surface area contributed by atoms with Crippen LogP contribution in [-0.2, 0) is 11.0 Å². The minimum Gasteiger partial charge on any atom is -0.484 e. The largest absolute Gasteiger partial charge is 0.484 e. The fourth-order valence-electron chi connectivity index (χ4n) is 4.20. The van der Waals surface area contributed by atoms with Crippen LogP contribution in [0, 0.1) is 13.8 Å². The molecule has 1 aromatic heterocycles. The van der Waals surface area contributed by atoms with E-state index in [4.69, 9.17) is 13.9 Å². The number of carbonyl (C=O) groups is 1. The second-order valence-electron chi connectivity index (χ2n) is 9.39. The number of hydrogen-bond donors (Lipinski definition) is 1. The molecule has 1 N–H and O–H groups in total. The van der Waals surface area contributed by atoms with Gasteiger partial charge in [0.05, 0.1) is 5.39 Å². The lowest BCUT2D eigenvalue weighted by molar-refractivity contribution is -0.154. The number of ether oxygens (including phenoxy) is 2. The highest BCUT2D eigenvalue weighted by Gasteiger charge is 2.40. The fourth-order valence-corrected chi connectivity index (χ4v) is 4.20. The number of benzene rings is 4. The molecule has 6 nitrogen and oxygen atoms in total. The third kappa shape index (κ3) is 6.24. The first-order chi connectivity index (χ1) is 19.6. The maximum atomic E-state index is 14.0. The van der Waals surface area contributed by atoms with E-state index in [1.54, 1.807) is 12.1 Å². The van der Waals surface area contributed by atoms with Crippen molar-refractivity contribution in [1.29, 1.82) is 0 Å². The molecule has 1 amide bonds. The average molecular weight is 560 g/mol. The minimum absolute atomic E-state index is 0.0386. The molecule has 0 spiro atoms. The van der Waals surface area contributed by atoms with E-state index in [0.29, 0.717) is 5.69 Å². The van der Waals surface area contributed by atoms with Gasteiger partial charge in [-0.05, 0) is 66.4 Å². The number of alkyl halides is 3. The predicted octanol–water partition coefficient (Wildman–Crippen LogP) is 7.91. The molecule has 208 valence electrons. The smallest absolute Gasteiger partial charge is 0.453 e. The number of rotatable bonds is 7. The molecule has 0 bridgehead atoms. The fraction of sp³-hybridized carbons (Fsp3) is 0.125. The number of hydrogen-bond acceptors (Lipinski definition) is 5. The van der Waals surface area contributed by atoms with Crippen molar-refractivity contribution in [3.05, 3.63) is 118 Å². The van der Waals surface area contributed by atoms with Gasteiger partial charge in [0.1, 0.15) is 17.1 Å². The van der Waals surface area contributed by atoms with Crippen LogP contribution in [0.2, 0.25) is 0 Å². The highest BCUT2D eigenvalue weighted by atomic mass is 19.4.